The third-order valence-electron chi connectivity index (χ3n) is 2.08. The highest BCUT2D eigenvalue weighted by atomic mass is 31.2. The van der Waals surface area contributed by atoms with Crippen molar-refractivity contribution < 1.29 is 28.0 Å². The van der Waals surface area contributed by atoms with Gasteiger partial charge >= 0.3 is 21.3 Å². The molecule has 0 rings (SSSR count). The molecule has 0 bridgehead atoms. The summed E-state index contributed by atoms with van der Waals surface area (Å²) >= 11 is 0. The molecule has 0 saturated carbocycles. The highest BCUT2D eigenvalue weighted by Crippen LogP contribution is 2.62. The first-order chi connectivity index (χ1) is 7.89. The number of ether oxygens (including phenoxy) is 2. The lowest BCUT2D eigenvalue weighted by Gasteiger charge is -2.26. The van der Waals surface area contributed by atoms with Gasteiger partial charge < -0.3 is 14.4 Å². The van der Waals surface area contributed by atoms with E-state index in [-0.39, 0.29) is 13.2 Å². The average molecular weight is 287 g/mol. The van der Waals surface area contributed by atoms with Crippen molar-refractivity contribution in [1.82, 2.24) is 0 Å². The minimum absolute atomic E-state index is 0.101. The van der Waals surface area contributed by atoms with Gasteiger partial charge in [0.2, 0.25) is 0 Å². The number of hydrogen-bond acceptors (Lipinski definition) is 5. The molecule has 0 aromatic rings. The predicted molar refractivity (Wildman–Crippen MR) is 65.6 cm³/mol. The van der Waals surface area contributed by atoms with Crippen LogP contribution in [-0.4, -0.2) is 29.5 Å². The van der Waals surface area contributed by atoms with Crippen LogP contribution < -0.4 is 0 Å². The number of hydrogen-bond donors (Lipinski definition) is 1. The Morgan fingerprint density at radius 3 is 2.06 bits per heavy atom. The van der Waals surface area contributed by atoms with Crippen LogP contribution in [0.5, 0.6) is 0 Å². The molecule has 0 amide bonds. The maximum atomic E-state index is 12.1. The molecule has 0 heterocycles. The second-order valence-corrected chi connectivity index (χ2v) is 6.52. The second kappa shape index (κ2) is 7.57. The maximum absolute atomic E-state index is 12.1. The molecular weight excluding hydrogens is 266 g/mol. The van der Waals surface area contributed by atoms with Crippen LogP contribution in [0.25, 0.3) is 0 Å². The third-order valence-corrected chi connectivity index (χ3v) is 5.39. The topological polar surface area (TPSA) is 82.1 Å². The zero-order valence-corrected chi connectivity index (χ0v) is 12.5. The highest BCUT2D eigenvalue weighted by Gasteiger charge is 2.61. The monoisotopic (exact) mass is 287 g/mol. The van der Waals surface area contributed by atoms with Crippen molar-refractivity contribution in [2.45, 2.75) is 45.5 Å². The molecule has 17 heavy (non-hydrogen) atoms. The fourth-order valence-electron chi connectivity index (χ4n) is 1.10. The normalized spacial score (nSPS) is 17.9. The fraction of sp³-hybridized carbons (Fsp3) is 1.00. The summed E-state index contributed by atoms with van der Waals surface area (Å²) in [4.78, 5) is 9.88. The van der Waals surface area contributed by atoms with E-state index < -0.39 is 27.4 Å². The van der Waals surface area contributed by atoms with Crippen LogP contribution in [0, 0.1) is 0 Å². The van der Waals surface area contributed by atoms with Gasteiger partial charge in [-0.05, 0) is 27.2 Å². The Hall–Kier alpha value is 0.170. The minimum atomic E-state index is -4.28. The van der Waals surface area contributed by atoms with Gasteiger partial charge in [-0.25, -0.2) is 4.57 Å². The second-order valence-electron chi connectivity index (χ2n) is 3.39. The molecule has 0 spiro atoms. The molecule has 0 aromatic carbocycles. The molecular formula is C9H21O6P2+. The molecule has 0 radical (unpaired) electrons. The summed E-state index contributed by atoms with van der Waals surface area (Å²) in [6, 6.07) is 0. The quantitative estimate of drug-likeness (QED) is 0.518. The van der Waals surface area contributed by atoms with Gasteiger partial charge in [0.1, 0.15) is 0 Å². The minimum Gasteiger partial charge on any atom is -0.317 e. The first-order valence-corrected chi connectivity index (χ1v) is 8.06. The van der Waals surface area contributed by atoms with Gasteiger partial charge in [-0.2, -0.15) is 0 Å². The lowest BCUT2D eigenvalue weighted by Crippen LogP contribution is -2.32. The van der Waals surface area contributed by atoms with E-state index in [1.165, 1.54) is 0 Å². The van der Waals surface area contributed by atoms with Gasteiger partial charge in [0, 0.05) is 0 Å². The van der Waals surface area contributed by atoms with Crippen molar-refractivity contribution in [3.63, 3.8) is 0 Å². The Morgan fingerprint density at radius 1 is 1.29 bits per heavy atom. The Kier molecular flexibility index (Phi) is 7.65. The third kappa shape index (κ3) is 4.40. The molecule has 0 saturated heterocycles. The lowest BCUT2D eigenvalue weighted by atomic mass is 10.3. The summed E-state index contributed by atoms with van der Waals surface area (Å²) in [5.74, 6) is 0. The van der Waals surface area contributed by atoms with Crippen LogP contribution in [0.15, 0.2) is 0 Å². The van der Waals surface area contributed by atoms with E-state index in [0.29, 0.717) is 6.42 Å². The molecule has 8 heteroatoms. The van der Waals surface area contributed by atoms with Gasteiger partial charge in [-0.1, -0.05) is 11.5 Å². The predicted octanol–water partition coefficient (Wildman–Crippen LogP) is 2.70. The summed E-state index contributed by atoms with van der Waals surface area (Å²) in [5, 5.41) is -2.07. The van der Waals surface area contributed by atoms with E-state index in [4.69, 9.17) is 14.0 Å². The SMILES string of the molecule is CCOC(OCC)([PH+]=O)P(=O)(O)OC(C)CC. The van der Waals surface area contributed by atoms with Crippen molar-refractivity contribution in [2.75, 3.05) is 13.2 Å². The van der Waals surface area contributed by atoms with Crippen molar-refractivity contribution in [3.05, 3.63) is 0 Å². The zero-order valence-electron chi connectivity index (χ0n) is 10.6. The average Bonchev–Trinajstić information content (AvgIpc) is 2.27. The van der Waals surface area contributed by atoms with Gasteiger partial charge in [-0.3, -0.25) is 4.52 Å². The lowest BCUT2D eigenvalue weighted by molar-refractivity contribution is -0.128. The summed E-state index contributed by atoms with van der Waals surface area (Å²) in [6.07, 6.45) is 0.114. The zero-order chi connectivity index (χ0) is 13.5. The molecule has 1 N–H and O–H groups in total. The Balaban J connectivity index is 5.11. The molecule has 0 aromatic heterocycles. The summed E-state index contributed by atoms with van der Waals surface area (Å²) in [6.45, 7) is 6.91. The van der Waals surface area contributed by atoms with E-state index in [1.54, 1.807) is 20.8 Å². The summed E-state index contributed by atoms with van der Waals surface area (Å²) < 4.78 is 38.5. The molecule has 0 aliphatic rings. The van der Waals surface area contributed by atoms with E-state index in [0.717, 1.165) is 0 Å². The molecule has 6 nitrogen and oxygen atoms in total. The first-order valence-electron chi connectivity index (χ1n) is 5.57. The van der Waals surface area contributed by atoms with Crippen molar-refractivity contribution in [2.24, 2.45) is 0 Å². The molecule has 102 valence electrons. The Labute approximate surface area is 103 Å². The molecule has 0 aliphatic carbocycles. The van der Waals surface area contributed by atoms with E-state index in [1.807, 2.05) is 6.92 Å². The van der Waals surface area contributed by atoms with Crippen LogP contribution in [0.4, 0.5) is 0 Å². The van der Waals surface area contributed by atoms with Crippen LogP contribution >= 0.6 is 16.1 Å². The van der Waals surface area contributed by atoms with Crippen LogP contribution in [0.2, 0.25) is 0 Å². The van der Waals surface area contributed by atoms with E-state index >= 15 is 0 Å². The van der Waals surface area contributed by atoms with Gasteiger partial charge in [-0.15, -0.1) is 0 Å². The number of rotatable bonds is 9. The van der Waals surface area contributed by atoms with Crippen molar-refractivity contribution in [3.8, 4) is 0 Å². The molecule has 3 unspecified atom stereocenters. The molecule has 0 fully saturated rings. The van der Waals surface area contributed by atoms with E-state index in [9.17, 15) is 14.0 Å². The van der Waals surface area contributed by atoms with Crippen molar-refractivity contribution >= 4 is 16.1 Å². The van der Waals surface area contributed by atoms with E-state index in [2.05, 4.69) is 0 Å². The van der Waals surface area contributed by atoms with Gasteiger partial charge in [0.05, 0.1) is 19.3 Å². The largest absolute Gasteiger partial charge is 0.474 e. The Morgan fingerprint density at radius 2 is 1.76 bits per heavy atom. The highest BCUT2D eigenvalue weighted by molar-refractivity contribution is 7.63. The van der Waals surface area contributed by atoms with Crippen LogP contribution in [-0.2, 0) is 23.1 Å². The summed E-state index contributed by atoms with van der Waals surface area (Å²) in [5.41, 5.74) is 0. The maximum Gasteiger partial charge on any atom is 0.474 e. The Bertz CT molecular complexity index is 277. The molecule has 3 atom stereocenters. The smallest absolute Gasteiger partial charge is 0.317 e. The van der Waals surface area contributed by atoms with Crippen molar-refractivity contribution in [1.29, 1.82) is 0 Å². The van der Waals surface area contributed by atoms with Crippen LogP contribution in [0.1, 0.15) is 34.1 Å². The standard InChI is InChI=1S/C9H20O6P2/c1-5-8(4)15-17(11,12)9(16-10,13-6-2)14-7-3/h8H,5-7H2,1-4H3,(H,11,12)/p+1. The van der Waals surface area contributed by atoms with Crippen LogP contribution in [0.3, 0.4) is 0 Å². The first kappa shape index (κ1) is 17.2. The fourth-order valence-corrected chi connectivity index (χ4v) is 3.49. The van der Waals surface area contributed by atoms with Gasteiger partial charge in [0.25, 0.3) is 0 Å². The van der Waals surface area contributed by atoms with Gasteiger partial charge in [0.15, 0.2) is 0 Å². The molecule has 0 aliphatic heterocycles. The summed E-state index contributed by atoms with van der Waals surface area (Å²) in [7, 11) is -5.53.